The van der Waals surface area contributed by atoms with Gasteiger partial charge in [-0.2, -0.15) is 0 Å². The lowest BCUT2D eigenvalue weighted by molar-refractivity contribution is 0.311. The second-order valence-corrected chi connectivity index (χ2v) is 8.18. The molecule has 0 aliphatic rings. The fourth-order valence-corrected chi connectivity index (χ4v) is 3.48. The number of methoxy groups -OCH3 is 1. The van der Waals surface area contributed by atoms with Crippen molar-refractivity contribution in [1.82, 2.24) is 14.5 Å². The molecule has 0 N–H and O–H groups in total. The number of hydrogen-bond acceptors (Lipinski definition) is 7. The van der Waals surface area contributed by atoms with Crippen LogP contribution in [0.25, 0.3) is 22.9 Å². The van der Waals surface area contributed by atoms with Crippen molar-refractivity contribution in [3.8, 4) is 34.4 Å². The number of ether oxygens (including phenoxy) is 2. The van der Waals surface area contributed by atoms with E-state index in [9.17, 15) is 8.42 Å². The molecule has 2 aromatic carbocycles. The molecular weight excluding hydrogens is 382 g/mol. The Morgan fingerprint density at radius 3 is 2.29 bits per heavy atom. The molecule has 0 aliphatic heterocycles. The lowest BCUT2D eigenvalue weighted by atomic mass is 10.2. The molecule has 0 radical (unpaired) electrons. The van der Waals surface area contributed by atoms with Crippen molar-refractivity contribution in [3.05, 3.63) is 42.5 Å². The summed E-state index contributed by atoms with van der Waals surface area (Å²) in [6, 6.07) is 11.7. The highest BCUT2D eigenvalue weighted by Crippen LogP contribution is 2.33. The van der Waals surface area contributed by atoms with E-state index in [2.05, 4.69) is 10.2 Å². The van der Waals surface area contributed by atoms with Gasteiger partial charge in [-0.1, -0.05) is 6.07 Å². The van der Waals surface area contributed by atoms with Gasteiger partial charge in [0.25, 0.3) is 0 Å². The van der Waals surface area contributed by atoms with Crippen LogP contribution in [0.4, 0.5) is 0 Å². The molecule has 3 aromatic rings. The minimum atomic E-state index is -3.56. The minimum absolute atomic E-state index is 0.151. The van der Waals surface area contributed by atoms with E-state index in [1.807, 2.05) is 6.92 Å². The van der Waals surface area contributed by atoms with E-state index in [1.165, 1.54) is 26.2 Å². The van der Waals surface area contributed by atoms with E-state index in [0.717, 1.165) is 4.31 Å². The predicted octanol–water partition coefficient (Wildman–Crippen LogP) is 3.06. The Morgan fingerprint density at radius 2 is 1.68 bits per heavy atom. The van der Waals surface area contributed by atoms with Crippen molar-refractivity contribution in [2.75, 3.05) is 27.8 Å². The quantitative estimate of drug-likeness (QED) is 0.598. The van der Waals surface area contributed by atoms with E-state index >= 15 is 0 Å². The normalized spacial score (nSPS) is 11.6. The zero-order chi connectivity index (χ0) is 20.3. The first-order valence-electron chi connectivity index (χ1n) is 8.54. The van der Waals surface area contributed by atoms with Gasteiger partial charge in [-0.15, -0.1) is 10.2 Å². The summed E-state index contributed by atoms with van der Waals surface area (Å²) in [5.41, 5.74) is 1.18. The summed E-state index contributed by atoms with van der Waals surface area (Å²) in [5.74, 6) is 1.69. The van der Waals surface area contributed by atoms with Crippen molar-refractivity contribution in [3.63, 3.8) is 0 Å². The first-order chi connectivity index (χ1) is 13.4. The first kappa shape index (κ1) is 19.8. The lowest BCUT2D eigenvalue weighted by Crippen LogP contribution is -2.22. The monoisotopic (exact) mass is 403 g/mol. The molecule has 0 saturated heterocycles. The molecule has 9 heteroatoms. The van der Waals surface area contributed by atoms with Crippen molar-refractivity contribution >= 4 is 10.0 Å². The maximum Gasteiger partial charge on any atom is 0.248 e. The summed E-state index contributed by atoms with van der Waals surface area (Å²) in [7, 11) is 0.964. The maximum atomic E-state index is 12.3. The summed E-state index contributed by atoms with van der Waals surface area (Å²) in [5, 5.41) is 8.13. The van der Waals surface area contributed by atoms with Gasteiger partial charge in [0.15, 0.2) is 11.5 Å². The van der Waals surface area contributed by atoms with Crippen LogP contribution in [-0.2, 0) is 10.0 Å². The molecule has 28 heavy (non-hydrogen) atoms. The number of rotatable bonds is 7. The maximum absolute atomic E-state index is 12.3. The molecule has 0 aliphatic carbocycles. The van der Waals surface area contributed by atoms with Crippen LogP contribution in [0.3, 0.4) is 0 Å². The molecule has 8 nitrogen and oxygen atoms in total. The third-order valence-corrected chi connectivity index (χ3v) is 5.81. The molecule has 1 aromatic heterocycles. The summed E-state index contributed by atoms with van der Waals surface area (Å²) < 4.78 is 42.4. The highest BCUT2D eigenvalue weighted by Gasteiger charge is 2.19. The van der Waals surface area contributed by atoms with E-state index in [1.54, 1.807) is 37.4 Å². The third-order valence-electron chi connectivity index (χ3n) is 3.99. The van der Waals surface area contributed by atoms with Gasteiger partial charge in [-0.05, 0) is 43.3 Å². The van der Waals surface area contributed by atoms with E-state index in [0.29, 0.717) is 35.1 Å². The summed E-state index contributed by atoms with van der Waals surface area (Å²) in [4.78, 5) is 0.151. The number of sulfonamides is 1. The van der Waals surface area contributed by atoms with Crippen LogP contribution in [0.5, 0.6) is 11.5 Å². The average molecular weight is 403 g/mol. The largest absolute Gasteiger partial charge is 0.493 e. The topological polar surface area (TPSA) is 94.8 Å². The van der Waals surface area contributed by atoms with Crippen molar-refractivity contribution in [2.24, 2.45) is 0 Å². The zero-order valence-corrected chi connectivity index (χ0v) is 16.9. The minimum Gasteiger partial charge on any atom is -0.493 e. The molecule has 3 rings (SSSR count). The highest BCUT2D eigenvalue weighted by molar-refractivity contribution is 7.89. The van der Waals surface area contributed by atoms with Crippen molar-refractivity contribution in [2.45, 2.75) is 11.8 Å². The van der Waals surface area contributed by atoms with Crippen molar-refractivity contribution in [1.29, 1.82) is 0 Å². The Kier molecular flexibility index (Phi) is 5.66. The Morgan fingerprint density at radius 1 is 1.00 bits per heavy atom. The Balaban J connectivity index is 1.96. The molecule has 0 atom stereocenters. The van der Waals surface area contributed by atoms with Crippen molar-refractivity contribution < 1.29 is 22.3 Å². The smallest absolute Gasteiger partial charge is 0.248 e. The van der Waals surface area contributed by atoms with Crippen LogP contribution in [0.2, 0.25) is 0 Å². The number of aromatic nitrogens is 2. The van der Waals surface area contributed by atoms with Gasteiger partial charge in [-0.25, -0.2) is 12.7 Å². The fourth-order valence-electron chi connectivity index (χ4n) is 2.53. The van der Waals surface area contributed by atoms with Gasteiger partial charge in [0.1, 0.15) is 0 Å². The Bertz CT molecular complexity index is 1080. The van der Waals surface area contributed by atoms with Gasteiger partial charge >= 0.3 is 0 Å². The second kappa shape index (κ2) is 7.99. The highest BCUT2D eigenvalue weighted by atomic mass is 32.2. The van der Waals surface area contributed by atoms with Crippen LogP contribution in [0, 0.1) is 0 Å². The Hall–Kier alpha value is -2.91. The molecule has 148 valence electrons. The van der Waals surface area contributed by atoms with Gasteiger partial charge in [0.05, 0.1) is 18.6 Å². The van der Waals surface area contributed by atoms with Gasteiger partial charge in [-0.3, -0.25) is 0 Å². The van der Waals surface area contributed by atoms with Crippen LogP contribution in [0.15, 0.2) is 51.8 Å². The van der Waals surface area contributed by atoms with Crippen LogP contribution in [0.1, 0.15) is 6.92 Å². The van der Waals surface area contributed by atoms with E-state index < -0.39 is 10.0 Å². The standard InChI is InChI=1S/C19H21N3O5S/c1-5-26-17-12-14(9-10-16(17)25-4)19-21-20-18(27-19)13-7-6-8-15(11-13)28(23,24)22(2)3/h6-12H,5H2,1-4H3. The van der Waals surface area contributed by atoms with Crippen LogP contribution in [-0.4, -0.2) is 50.7 Å². The summed E-state index contributed by atoms with van der Waals surface area (Å²) in [6.45, 7) is 2.37. The molecule has 0 saturated carbocycles. The first-order valence-corrected chi connectivity index (χ1v) is 9.98. The zero-order valence-electron chi connectivity index (χ0n) is 16.0. The molecular formula is C19H21N3O5S. The SMILES string of the molecule is CCOc1cc(-c2nnc(-c3cccc(S(=O)(=O)N(C)C)c3)o2)ccc1OC. The average Bonchev–Trinajstić information content (AvgIpc) is 3.18. The molecule has 1 heterocycles. The van der Waals surface area contributed by atoms with E-state index in [4.69, 9.17) is 13.9 Å². The van der Waals surface area contributed by atoms with Gasteiger partial charge < -0.3 is 13.9 Å². The fraction of sp³-hybridized carbons (Fsp3) is 0.263. The molecule has 0 spiro atoms. The third kappa shape index (κ3) is 3.85. The van der Waals surface area contributed by atoms with Crippen LogP contribution < -0.4 is 9.47 Å². The van der Waals surface area contributed by atoms with Gasteiger partial charge in [0, 0.05) is 25.2 Å². The summed E-state index contributed by atoms with van der Waals surface area (Å²) in [6.07, 6.45) is 0. The second-order valence-electron chi connectivity index (χ2n) is 6.03. The van der Waals surface area contributed by atoms with E-state index in [-0.39, 0.29) is 10.8 Å². The lowest BCUT2D eigenvalue weighted by Gasteiger charge is -2.11. The summed E-state index contributed by atoms with van der Waals surface area (Å²) >= 11 is 0. The molecule has 0 unspecified atom stereocenters. The number of nitrogens with zero attached hydrogens (tertiary/aromatic N) is 3. The Labute approximate surface area is 163 Å². The predicted molar refractivity (Wildman–Crippen MR) is 104 cm³/mol. The molecule has 0 fully saturated rings. The van der Waals surface area contributed by atoms with Crippen LogP contribution >= 0.6 is 0 Å². The molecule has 0 bridgehead atoms. The number of hydrogen-bond donors (Lipinski definition) is 0. The van der Waals surface area contributed by atoms with Gasteiger partial charge in [0.2, 0.25) is 21.8 Å². The molecule has 0 amide bonds. The number of benzene rings is 2.